The van der Waals surface area contributed by atoms with Crippen molar-refractivity contribution in [3.8, 4) is 5.75 Å². The van der Waals surface area contributed by atoms with Crippen LogP contribution >= 0.6 is 11.6 Å². The molecule has 1 unspecified atom stereocenters. The quantitative estimate of drug-likeness (QED) is 0.824. The molecule has 1 aromatic carbocycles. The van der Waals surface area contributed by atoms with Crippen LogP contribution in [0.2, 0.25) is 0 Å². The third-order valence-corrected chi connectivity index (χ3v) is 2.84. The predicted octanol–water partition coefficient (Wildman–Crippen LogP) is 3.24. The third kappa shape index (κ3) is 4.33. The Balaban J connectivity index is 2.82. The average Bonchev–Trinajstić information content (AvgIpc) is 2.36. The second-order valence-corrected chi connectivity index (χ2v) is 4.66. The summed E-state index contributed by atoms with van der Waals surface area (Å²) in [5.74, 6) is 0.842. The SMILES string of the molecule is C=C(Cl)CNC(C)c1ccc(OC)c(COC)c1. The third-order valence-electron chi connectivity index (χ3n) is 2.70. The van der Waals surface area contributed by atoms with Gasteiger partial charge in [0.2, 0.25) is 0 Å². The first kappa shape index (κ1) is 15.0. The molecule has 0 aromatic heterocycles. The molecule has 1 aromatic rings. The van der Waals surface area contributed by atoms with Gasteiger partial charge in [0, 0.05) is 30.3 Å². The van der Waals surface area contributed by atoms with Crippen molar-refractivity contribution in [2.75, 3.05) is 20.8 Å². The van der Waals surface area contributed by atoms with Crippen LogP contribution in [0.3, 0.4) is 0 Å². The number of hydrogen-bond acceptors (Lipinski definition) is 3. The lowest BCUT2D eigenvalue weighted by atomic mass is 10.0. The van der Waals surface area contributed by atoms with Gasteiger partial charge >= 0.3 is 0 Å². The minimum absolute atomic E-state index is 0.196. The number of hydrogen-bond donors (Lipinski definition) is 1. The van der Waals surface area contributed by atoms with E-state index in [2.05, 4.69) is 24.9 Å². The summed E-state index contributed by atoms with van der Waals surface area (Å²) in [6, 6.07) is 6.27. The molecular weight excluding hydrogens is 250 g/mol. The molecule has 4 heteroatoms. The summed E-state index contributed by atoms with van der Waals surface area (Å²) in [6.07, 6.45) is 0. The van der Waals surface area contributed by atoms with Gasteiger partial charge in [-0.05, 0) is 24.6 Å². The van der Waals surface area contributed by atoms with Crippen molar-refractivity contribution < 1.29 is 9.47 Å². The monoisotopic (exact) mass is 269 g/mol. The number of benzene rings is 1. The van der Waals surface area contributed by atoms with E-state index in [9.17, 15) is 0 Å². The maximum absolute atomic E-state index is 5.74. The van der Waals surface area contributed by atoms with Crippen LogP contribution in [0.25, 0.3) is 0 Å². The van der Waals surface area contributed by atoms with Gasteiger partial charge in [0.1, 0.15) is 5.75 Å². The number of halogens is 1. The van der Waals surface area contributed by atoms with Crippen molar-refractivity contribution in [2.45, 2.75) is 19.6 Å². The van der Waals surface area contributed by atoms with E-state index in [4.69, 9.17) is 21.1 Å². The molecule has 0 amide bonds. The van der Waals surface area contributed by atoms with Crippen molar-refractivity contribution >= 4 is 11.6 Å². The second kappa shape index (κ2) is 7.41. The highest BCUT2D eigenvalue weighted by atomic mass is 35.5. The lowest BCUT2D eigenvalue weighted by Gasteiger charge is -2.16. The van der Waals surface area contributed by atoms with E-state index in [-0.39, 0.29) is 6.04 Å². The normalized spacial score (nSPS) is 12.2. The fourth-order valence-corrected chi connectivity index (χ4v) is 1.79. The largest absolute Gasteiger partial charge is 0.496 e. The fourth-order valence-electron chi connectivity index (χ4n) is 1.72. The molecule has 3 nitrogen and oxygen atoms in total. The van der Waals surface area contributed by atoms with E-state index >= 15 is 0 Å². The van der Waals surface area contributed by atoms with E-state index in [0.29, 0.717) is 18.2 Å². The van der Waals surface area contributed by atoms with Crippen molar-refractivity contribution in [2.24, 2.45) is 0 Å². The van der Waals surface area contributed by atoms with Crippen LogP contribution in [-0.4, -0.2) is 20.8 Å². The Hall–Kier alpha value is -1.03. The van der Waals surface area contributed by atoms with Gasteiger partial charge < -0.3 is 14.8 Å². The maximum atomic E-state index is 5.74. The summed E-state index contributed by atoms with van der Waals surface area (Å²) < 4.78 is 10.5. The Morgan fingerprint density at radius 2 is 2.17 bits per heavy atom. The summed E-state index contributed by atoms with van der Waals surface area (Å²) in [5, 5.41) is 3.90. The van der Waals surface area contributed by atoms with Crippen LogP contribution in [-0.2, 0) is 11.3 Å². The molecule has 0 aliphatic carbocycles. The standard InChI is InChI=1S/C14H20ClNO2/c1-10(15)8-16-11(2)12-5-6-14(18-4)13(7-12)9-17-3/h5-7,11,16H,1,8-9H2,2-4H3. The average molecular weight is 270 g/mol. The summed E-state index contributed by atoms with van der Waals surface area (Å²) in [5.41, 5.74) is 2.21. The van der Waals surface area contributed by atoms with E-state index in [1.54, 1.807) is 14.2 Å². The zero-order chi connectivity index (χ0) is 13.5. The van der Waals surface area contributed by atoms with Crippen molar-refractivity contribution in [3.63, 3.8) is 0 Å². The summed E-state index contributed by atoms with van der Waals surface area (Å²) in [4.78, 5) is 0. The van der Waals surface area contributed by atoms with Gasteiger partial charge in [-0.2, -0.15) is 0 Å². The van der Waals surface area contributed by atoms with Crippen LogP contribution in [0, 0.1) is 0 Å². The Kier molecular flexibility index (Phi) is 6.19. The van der Waals surface area contributed by atoms with Gasteiger partial charge in [-0.25, -0.2) is 0 Å². The van der Waals surface area contributed by atoms with Crippen molar-refractivity contribution in [1.29, 1.82) is 0 Å². The van der Waals surface area contributed by atoms with Crippen LogP contribution < -0.4 is 10.1 Å². The summed E-state index contributed by atoms with van der Waals surface area (Å²) in [7, 11) is 3.33. The molecule has 0 heterocycles. The smallest absolute Gasteiger partial charge is 0.124 e. The number of nitrogens with one attached hydrogen (secondary N) is 1. The fraction of sp³-hybridized carbons (Fsp3) is 0.429. The minimum atomic E-state index is 0.196. The topological polar surface area (TPSA) is 30.5 Å². The molecule has 0 saturated carbocycles. The molecule has 100 valence electrons. The van der Waals surface area contributed by atoms with Gasteiger partial charge in [0.15, 0.2) is 0 Å². The molecule has 0 spiro atoms. The molecule has 0 aliphatic heterocycles. The second-order valence-electron chi connectivity index (χ2n) is 4.12. The first-order valence-corrected chi connectivity index (χ1v) is 6.18. The maximum Gasteiger partial charge on any atom is 0.124 e. The molecule has 0 fully saturated rings. The highest BCUT2D eigenvalue weighted by Gasteiger charge is 2.09. The van der Waals surface area contributed by atoms with Crippen LogP contribution in [0.4, 0.5) is 0 Å². The Morgan fingerprint density at radius 3 is 2.72 bits per heavy atom. The van der Waals surface area contributed by atoms with Gasteiger partial charge in [0.25, 0.3) is 0 Å². The molecule has 0 radical (unpaired) electrons. The van der Waals surface area contributed by atoms with E-state index in [1.165, 1.54) is 5.56 Å². The summed E-state index contributed by atoms with van der Waals surface area (Å²) in [6.45, 7) is 6.86. The van der Waals surface area contributed by atoms with E-state index < -0.39 is 0 Å². The van der Waals surface area contributed by atoms with Crippen LogP contribution in [0.5, 0.6) is 5.75 Å². The van der Waals surface area contributed by atoms with Crippen LogP contribution in [0.1, 0.15) is 24.1 Å². The zero-order valence-electron chi connectivity index (χ0n) is 11.1. The number of ether oxygens (including phenoxy) is 2. The van der Waals surface area contributed by atoms with Gasteiger partial charge in [-0.3, -0.25) is 0 Å². The molecule has 1 atom stereocenters. The first-order chi connectivity index (χ1) is 8.58. The lowest BCUT2D eigenvalue weighted by molar-refractivity contribution is 0.181. The Labute approximate surface area is 114 Å². The minimum Gasteiger partial charge on any atom is -0.496 e. The molecular formula is C14H20ClNO2. The highest BCUT2D eigenvalue weighted by molar-refractivity contribution is 6.29. The van der Waals surface area contributed by atoms with Gasteiger partial charge in [0.05, 0.1) is 13.7 Å². The molecule has 0 aliphatic rings. The molecule has 0 bridgehead atoms. The summed E-state index contributed by atoms with van der Waals surface area (Å²) >= 11 is 5.74. The van der Waals surface area contributed by atoms with Gasteiger partial charge in [-0.15, -0.1) is 0 Å². The lowest BCUT2D eigenvalue weighted by Crippen LogP contribution is -2.20. The first-order valence-electron chi connectivity index (χ1n) is 5.81. The van der Waals surface area contributed by atoms with Crippen molar-refractivity contribution in [3.05, 3.63) is 40.9 Å². The van der Waals surface area contributed by atoms with Crippen LogP contribution in [0.15, 0.2) is 29.8 Å². The molecule has 1 rings (SSSR count). The van der Waals surface area contributed by atoms with E-state index in [1.807, 2.05) is 12.1 Å². The molecule has 0 saturated heterocycles. The Morgan fingerprint density at radius 1 is 1.44 bits per heavy atom. The number of methoxy groups -OCH3 is 2. The molecule has 1 N–H and O–H groups in total. The molecule has 18 heavy (non-hydrogen) atoms. The zero-order valence-corrected chi connectivity index (χ0v) is 11.9. The van der Waals surface area contributed by atoms with E-state index in [0.717, 1.165) is 11.3 Å². The Bertz CT molecular complexity index is 407. The van der Waals surface area contributed by atoms with Gasteiger partial charge in [-0.1, -0.05) is 24.2 Å². The number of rotatable bonds is 7. The van der Waals surface area contributed by atoms with Crippen molar-refractivity contribution in [1.82, 2.24) is 5.32 Å². The highest BCUT2D eigenvalue weighted by Crippen LogP contribution is 2.24. The predicted molar refractivity (Wildman–Crippen MR) is 75.1 cm³/mol.